The Morgan fingerprint density at radius 1 is 1.05 bits per heavy atom. The van der Waals surface area contributed by atoms with Gasteiger partial charge in [0, 0.05) is 42.2 Å². The van der Waals surface area contributed by atoms with Crippen LogP contribution in [-0.2, 0) is 11.0 Å². The third-order valence-corrected chi connectivity index (χ3v) is 6.27. The van der Waals surface area contributed by atoms with Crippen molar-refractivity contribution in [3.63, 3.8) is 0 Å². The number of carbonyl (C=O) groups excluding carboxylic acids is 3. The van der Waals surface area contributed by atoms with Crippen LogP contribution in [0.5, 0.6) is 0 Å². The van der Waals surface area contributed by atoms with Crippen molar-refractivity contribution in [2.24, 2.45) is 5.92 Å². The second-order valence-corrected chi connectivity index (χ2v) is 9.22. The van der Waals surface area contributed by atoms with Crippen molar-refractivity contribution in [1.29, 1.82) is 5.41 Å². The number of aromatic nitrogens is 1. The number of hydrogen-bond donors (Lipinski definition) is 4. The van der Waals surface area contributed by atoms with E-state index in [0.29, 0.717) is 17.7 Å². The number of pyridine rings is 1. The molecule has 4 N–H and O–H groups in total. The Morgan fingerprint density at radius 3 is 2.41 bits per heavy atom. The summed E-state index contributed by atoms with van der Waals surface area (Å²) in [6, 6.07) is 7.07. The molecule has 1 aliphatic carbocycles. The van der Waals surface area contributed by atoms with Gasteiger partial charge in [0.2, 0.25) is 5.91 Å². The molecular weight excluding hydrogens is 487 g/mol. The molecule has 1 atom stereocenters. The van der Waals surface area contributed by atoms with E-state index in [-0.39, 0.29) is 29.5 Å². The van der Waals surface area contributed by atoms with Gasteiger partial charge in [-0.3, -0.25) is 19.4 Å². The first-order valence-corrected chi connectivity index (χ1v) is 12.1. The molecule has 0 bridgehead atoms. The molecule has 0 unspecified atom stereocenters. The summed E-state index contributed by atoms with van der Waals surface area (Å²) in [4.78, 5) is 40.6. The second kappa shape index (κ2) is 12.5. The molecule has 1 saturated carbocycles. The van der Waals surface area contributed by atoms with Crippen LogP contribution in [0.4, 0.5) is 13.2 Å². The van der Waals surface area contributed by atoms with Crippen LogP contribution >= 0.6 is 0 Å². The number of nitrogens with one attached hydrogen (secondary N) is 4. The SMILES string of the molecule is C[C@H](CC(=N)C1CCC(NC(=O)c2cccnc2)CC1)NC(=O)CNC(=O)c1cccc(C(F)(F)F)c1. The summed E-state index contributed by atoms with van der Waals surface area (Å²) in [5.41, 5.74) is -0.114. The van der Waals surface area contributed by atoms with Crippen LogP contribution < -0.4 is 16.0 Å². The molecule has 0 saturated heterocycles. The number of amides is 3. The molecular formula is C26H30F3N5O3. The summed E-state index contributed by atoms with van der Waals surface area (Å²) < 4.78 is 38.5. The third kappa shape index (κ3) is 8.40. The molecule has 3 rings (SSSR count). The number of rotatable bonds is 9. The fourth-order valence-corrected chi connectivity index (χ4v) is 4.32. The normalized spacial score (nSPS) is 18.4. The molecule has 1 fully saturated rings. The van der Waals surface area contributed by atoms with E-state index in [2.05, 4.69) is 20.9 Å². The fourth-order valence-electron chi connectivity index (χ4n) is 4.32. The predicted molar refractivity (Wildman–Crippen MR) is 131 cm³/mol. The first-order valence-electron chi connectivity index (χ1n) is 12.1. The first-order chi connectivity index (χ1) is 17.5. The van der Waals surface area contributed by atoms with E-state index in [9.17, 15) is 27.6 Å². The molecule has 3 amide bonds. The number of nitrogens with zero attached hydrogens (tertiary/aromatic N) is 1. The Kier molecular flexibility index (Phi) is 9.37. The van der Waals surface area contributed by atoms with Crippen molar-refractivity contribution in [2.45, 2.75) is 57.3 Å². The number of benzene rings is 1. The highest BCUT2D eigenvalue weighted by Crippen LogP contribution is 2.29. The maximum Gasteiger partial charge on any atom is 0.416 e. The molecule has 8 nitrogen and oxygen atoms in total. The summed E-state index contributed by atoms with van der Waals surface area (Å²) in [7, 11) is 0. The van der Waals surface area contributed by atoms with Gasteiger partial charge in [-0.15, -0.1) is 0 Å². The number of alkyl halides is 3. The Labute approximate surface area is 212 Å². The van der Waals surface area contributed by atoms with Crippen molar-refractivity contribution in [3.8, 4) is 0 Å². The van der Waals surface area contributed by atoms with Crippen LogP contribution in [0.15, 0.2) is 48.8 Å². The lowest BCUT2D eigenvalue weighted by molar-refractivity contribution is -0.137. The zero-order valence-corrected chi connectivity index (χ0v) is 20.4. The van der Waals surface area contributed by atoms with Crippen molar-refractivity contribution >= 4 is 23.4 Å². The first kappa shape index (κ1) is 27.8. The fraction of sp³-hybridized carbons (Fsp3) is 0.423. The summed E-state index contributed by atoms with van der Waals surface area (Å²) >= 11 is 0. The van der Waals surface area contributed by atoms with Gasteiger partial charge in [0.1, 0.15) is 0 Å². The Balaban J connectivity index is 1.37. The summed E-state index contributed by atoms with van der Waals surface area (Å²) in [6.07, 6.45) is 1.90. The highest BCUT2D eigenvalue weighted by atomic mass is 19.4. The molecule has 0 radical (unpaired) electrons. The molecule has 11 heteroatoms. The smallest absolute Gasteiger partial charge is 0.352 e. The van der Waals surface area contributed by atoms with E-state index >= 15 is 0 Å². The molecule has 0 spiro atoms. The summed E-state index contributed by atoms with van der Waals surface area (Å²) in [5, 5.41) is 16.5. The number of carbonyl (C=O) groups is 3. The van der Waals surface area contributed by atoms with Crippen molar-refractivity contribution in [1.82, 2.24) is 20.9 Å². The minimum absolute atomic E-state index is 0.0364. The van der Waals surface area contributed by atoms with Gasteiger partial charge in [-0.1, -0.05) is 6.07 Å². The molecule has 1 aromatic carbocycles. The van der Waals surface area contributed by atoms with Gasteiger partial charge in [-0.25, -0.2) is 0 Å². The molecule has 1 aromatic heterocycles. The van der Waals surface area contributed by atoms with E-state index in [1.54, 1.807) is 25.3 Å². The van der Waals surface area contributed by atoms with Crippen LogP contribution in [0, 0.1) is 11.3 Å². The Bertz CT molecular complexity index is 1120. The van der Waals surface area contributed by atoms with E-state index in [1.807, 2.05) is 0 Å². The average molecular weight is 518 g/mol. The topological polar surface area (TPSA) is 124 Å². The lowest BCUT2D eigenvalue weighted by Crippen LogP contribution is -2.42. The van der Waals surface area contributed by atoms with E-state index in [0.717, 1.165) is 43.9 Å². The second-order valence-electron chi connectivity index (χ2n) is 9.22. The number of hydrogen-bond acceptors (Lipinski definition) is 5. The van der Waals surface area contributed by atoms with Crippen LogP contribution in [0.3, 0.4) is 0 Å². The maximum absolute atomic E-state index is 12.8. The van der Waals surface area contributed by atoms with Crippen LogP contribution in [-0.4, -0.2) is 47.0 Å². The summed E-state index contributed by atoms with van der Waals surface area (Å²) in [6.45, 7) is 1.36. The summed E-state index contributed by atoms with van der Waals surface area (Å²) in [5.74, 6) is -1.38. The van der Waals surface area contributed by atoms with Gasteiger partial charge in [-0.2, -0.15) is 13.2 Å². The van der Waals surface area contributed by atoms with Gasteiger partial charge in [0.15, 0.2) is 0 Å². The zero-order chi connectivity index (χ0) is 27.0. The third-order valence-electron chi connectivity index (χ3n) is 6.27. The molecule has 1 heterocycles. The van der Waals surface area contributed by atoms with Gasteiger partial charge < -0.3 is 21.4 Å². The lowest BCUT2D eigenvalue weighted by atomic mass is 9.81. The van der Waals surface area contributed by atoms with Crippen LogP contribution in [0.2, 0.25) is 0 Å². The van der Waals surface area contributed by atoms with Crippen molar-refractivity contribution < 1.29 is 27.6 Å². The monoisotopic (exact) mass is 517 g/mol. The van der Waals surface area contributed by atoms with Gasteiger partial charge in [0.25, 0.3) is 11.8 Å². The molecule has 37 heavy (non-hydrogen) atoms. The van der Waals surface area contributed by atoms with E-state index in [1.165, 1.54) is 12.3 Å². The molecule has 198 valence electrons. The van der Waals surface area contributed by atoms with E-state index < -0.39 is 30.1 Å². The highest BCUT2D eigenvalue weighted by Gasteiger charge is 2.31. The average Bonchev–Trinajstić information content (AvgIpc) is 2.87. The van der Waals surface area contributed by atoms with Crippen LogP contribution in [0.1, 0.15) is 65.3 Å². The quantitative estimate of drug-likeness (QED) is 0.379. The standard InChI is InChI=1S/C26H30F3N5O3/c1-16(33-23(35)15-32-24(36)18-4-2-6-20(13-18)26(27,28)29)12-22(30)17-7-9-21(10-8-17)34-25(37)19-5-3-11-31-14-19/h2-6,11,13-14,16-17,21,30H,7-10,12,15H2,1H3,(H,32,36)(H,33,35)(H,34,37)/t16-,17?,21?/m1/s1. The highest BCUT2D eigenvalue weighted by molar-refractivity contribution is 5.96. The molecule has 1 aliphatic rings. The largest absolute Gasteiger partial charge is 0.416 e. The van der Waals surface area contributed by atoms with Gasteiger partial charge in [-0.05, 0) is 68.9 Å². The Hall–Kier alpha value is -3.76. The zero-order valence-electron chi connectivity index (χ0n) is 20.4. The van der Waals surface area contributed by atoms with Gasteiger partial charge in [0.05, 0.1) is 17.7 Å². The van der Waals surface area contributed by atoms with Crippen LogP contribution in [0.25, 0.3) is 0 Å². The van der Waals surface area contributed by atoms with Crippen molar-refractivity contribution in [2.75, 3.05) is 6.54 Å². The minimum Gasteiger partial charge on any atom is -0.352 e. The Morgan fingerprint density at radius 2 is 1.76 bits per heavy atom. The van der Waals surface area contributed by atoms with Crippen molar-refractivity contribution in [3.05, 3.63) is 65.5 Å². The predicted octanol–water partition coefficient (Wildman–Crippen LogP) is 3.73. The number of halogens is 3. The maximum atomic E-state index is 12.8. The van der Waals surface area contributed by atoms with E-state index in [4.69, 9.17) is 5.41 Å². The lowest BCUT2D eigenvalue weighted by Gasteiger charge is -2.30. The molecule has 2 aromatic rings. The minimum atomic E-state index is -4.57. The molecule has 0 aliphatic heterocycles. The van der Waals surface area contributed by atoms with Gasteiger partial charge >= 0.3 is 6.18 Å².